The lowest BCUT2D eigenvalue weighted by molar-refractivity contribution is -0.115. The molecular weight excluding hydrogens is 443 g/mol. The Morgan fingerprint density at radius 1 is 0.914 bits per heavy atom. The molecule has 35 heavy (non-hydrogen) atoms. The van der Waals surface area contributed by atoms with E-state index in [0.29, 0.717) is 16.9 Å². The van der Waals surface area contributed by atoms with Crippen LogP contribution in [0.5, 0.6) is 0 Å². The van der Waals surface area contributed by atoms with Crippen molar-refractivity contribution in [3.8, 4) is 16.9 Å². The highest BCUT2D eigenvalue weighted by molar-refractivity contribution is 6.03. The number of nitrogens with zero attached hydrogens (tertiary/aromatic N) is 2. The van der Waals surface area contributed by atoms with Gasteiger partial charge >= 0.3 is 0 Å². The molecule has 0 aliphatic heterocycles. The van der Waals surface area contributed by atoms with E-state index in [9.17, 15) is 14.0 Å². The van der Waals surface area contributed by atoms with Crippen LogP contribution >= 0.6 is 0 Å². The predicted molar refractivity (Wildman–Crippen MR) is 135 cm³/mol. The molecule has 6 nitrogen and oxygen atoms in total. The van der Waals surface area contributed by atoms with Crippen LogP contribution in [-0.4, -0.2) is 28.1 Å². The van der Waals surface area contributed by atoms with Gasteiger partial charge in [0.15, 0.2) is 0 Å². The van der Waals surface area contributed by atoms with Gasteiger partial charge in [-0.2, -0.15) is 5.10 Å². The summed E-state index contributed by atoms with van der Waals surface area (Å²) >= 11 is 0. The second-order valence-electron chi connectivity index (χ2n) is 8.69. The van der Waals surface area contributed by atoms with E-state index < -0.39 is 5.91 Å². The number of nitrogens with one attached hydrogen (secondary N) is 2. The Labute approximate surface area is 203 Å². The Balaban J connectivity index is 1.57. The second-order valence-corrected chi connectivity index (χ2v) is 8.69. The van der Waals surface area contributed by atoms with Crippen molar-refractivity contribution in [1.82, 2.24) is 15.1 Å². The third-order valence-corrected chi connectivity index (χ3v) is 5.69. The van der Waals surface area contributed by atoms with Crippen molar-refractivity contribution in [3.05, 3.63) is 100 Å². The minimum absolute atomic E-state index is 0.194. The number of amides is 2. The molecule has 0 aliphatic rings. The number of halogens is 1. The SMILES string of the molecule is Cc1cccc(-c2nn(-c3ccc(F)cc3)cc2C(=O)NCC(=O)Nc2c(C)cc(C)cc2C)c1. The zero-order chi connectivity index (χ0) is 25.1. The topological polar surface area (TPSA) is 76.0 Å². The third kappa shape index (κ3) is 5.46. The monoisotopic (exact) mass is 470 g/mol. The molecule has 3 aromatic carbocycles. The Morgan fingerprint density at radius 2 is 1.60 bits per heavy atom. The molecule has 0 fully saturated rings. The fourth-order valence-electron chi connectivity index (χ4n) is 4.09. The molecule has 0 aliphatic carbocycles. The van der Waals surface area contributed by atoms with Crippen molar-refractivity contribution in [2.24, 2.45) is 0 Å². The first kappa shape index (κ1) is 23.9. The summed E-state index contributed by atoms with van der Waals surface area (Å²) in [6.07, 6.45) is 1.59. The number of anilines is 1. The van der Waals surface area contributed by atoms with E-state index in [1.165, 1.54) is 16.8 Å². The fraction of sp³-hybridized carbons (Fsp3) is 0.179. The van der Waals surface area contributed by atoms with Gasteiger partial charge in [-0.3, -0.25) is 9.59 Å². The van der Waals surface area contributed by atoms with Gasteiger partial charge in [-0.15, -0.1) is 0 Å². The van der Waals surface area contributed by atoms with Gasteiger partial charge in [-0.05, 0) is 69.2 Å². The first-order chi connectivity index (χ1) is 16.7. The number of carbonyl (C=O) groups is 2. The molecule has 0 unspecified atom stereocenters. The maximum absolute atomic E-state index is 13.4. The van der Waals surface area contributed by atoms with E-state index in [1.807, 2.05) is 64.1 Å². The van der Waals surface area contributed by atoms with Crippen LogP contribution in [0.2, 0.25) is 0 Å². The van der Waals surface area contributed by atoms with Crippen molar-refractivity contribution in [1.29, 1.82) is 0 Å². The highest BCUT2D eigenvalue weighted by Gasteiger charge is 2.20. The van der Waals surface area contributed by atoms with Gasteiger partial charge < -0.3 is 10.6 Å². The Kier molecular flexibility index (Phi) is 6.78. The number of carbonyl (C=O) groups excluding carboxylic acids is 2. The number of benzene rings is 3. The van der Waals surface area contributed by atoms with E-state index in [-0.39, 0.29) is 18.3 Å². The standard InChI is InChI=1S/C28H27FN4O2/c1-17-6-5-7-21(14-17)27-24(16-33(32-27)23-10-8-22(29)9-11-23)28(35)30-15-25(34)31-26-19(3)12-18(2)13-20(26)4/h5-14,16H,15H2,1-4H3,(H,30,35)(H,31,34). The summed E-state index contributed by atoms with van der Waals surface area (Å²) in [5.41, 5.74) is 6.99. The smallest absolute Gasteiger partial charge is 0.255 e. The molecule has 1 heterocycles. The second kappa shape index (κ2) is 9.93. The average molecular weight is 471 g/mol. The van der Waals surface area contributed by atoms with Crippen molar-refractivity contribution in [2.75, 3.05) is 11.9 Å². The molecule has 178 valence electrons. The lowest BCUT2D eigenvalue weighted by atomic mass is 10.0. The number of aryl methyl sites for hydroxylation is 4. The minimum atomic E-state index is -0.428. The fourth-order valence-corrected chi connectivity index (χ4v) is 4.09. The normalized spacial score (nSPS) is 10.8. The van der Waals surface area contributed by atoms with E-state index in [1.54, 1.807) is 18.3 Å². The molecule has 0 saturated heterocycles. The minimum Gasteiger partial charge on any atom is -0.343 e. The maximum atomic E-state index is 13.4. The van der Waals surface area contributed by atoms with E-state index in [2.05, 4.69) is 15.7 Å². The van der Waals surface area contributed by atoms with Crippen LogP contribution in [-0.2, 0) is 4.79 Å². The largest absolute Gasteiger partial charge is 0.343 e. The van der Waals surface area contributed by atoms with Gasteiger partial charge in [-0.25, -0.2) is 9.07 Å². The van der Waals surface area contributed by atoms with Crippen LogP contribution in [0.4, 0.5) is 10.1 Å². The van der Waals surface area contributed by atoms with Crippen LogP contribution < -0.4 is 10.6 Å². The first-order valence-electron chi connectivity index (χ1n) is 11.3. The van der Waals surface area contributed by atoms with Crippen molar-refractivity contribution >= 4 is 17.5 Å². The zero-order valence-electron chi connectivity index (χ0n) is 20.1. The summed E-state index contributed by atoms with van der Waals surface area (Å²) in [5.74, 6) is -1.11. The maximum Gasteiger partial charge on any atom is 0.255 e. The zero-order valence-corrected chi connectivity index (χ0v) is 20.1. The summed E-state index contributed by atoms with van der Waals surface area (Å²) in [7, 11) is 0. The van der Waals surface area contributed by atoms with E-state index >= 15 is 0 Å². The molecule has 4 rings (SSSR count). The van der Waals surface area contributed by atoms with Gasteiger partial charge in [0, 0.05) is 17.4 Å². The number of hydrogen-bond donors (Lipinski definition) is 2. The van der Waals surface area contributed by atoms with Gasteiger partial charge in [0.2, 0.25) is 5.91 Å². The van der Waals surface area contributed by atoms with E-state index in [0.717, 1.165) is 33.5 Å². The van der Waals surface area contributed by atoms with Gasteiger partial charge in [0.05, 0.1) is 17.8 Å². The lowest BCUT2D eigenvalue weighted by Gasteiger charge is -2.13. The Morgan fingerprint density at radius 3 is 2.26 bits per heavy atom. The number of rotatable bonds is 6. The van der Waals surface area contributed by atoms with Gasteiger partial charge in [-0.1, -0.05) is 41.5 Å². The lowest BCUT2D eigenvalue weighted by Crippen LogP contribution is -2.33. The molecule has 0 spiro atoms. The molecule has 2 amide bonds. The quantitative estimate of drug-likeness (QED) is 0.403. The highest BCUT2D eigenvalue weighted by atomic mass is 19.1. The third-order valence-electron chi connectivity index (χ3n) is 5.69. The van der Waals surface area contributed by atoms with Crippen LogP contribution in [0.1, 0.15) is 32.6 Å². The van der Waals surface area contributed by atoms with Crippen LogP contribution in [0, 0.1) is 33.5 Å². The number of hydrogen-bond acceptors (Lipinski definition) is 3. The molecule has 0 bridgehead atoms. The first-order valence-corrected chi connectivity index (χ1v) is 11.3. The molecule has 2 N–H and O–H groups in total. The summed E-state index contributed by atoms with van der Waals surface area (Å²) in [6, 6.07) is 17.5. The summed E-state index contributed by atoms with van der Waals surface area (Å²) in [5, 5.41) is 10.2. The average Bonchev–Trinajstić information content (AvgIpc) is 3.26. The van der Waals surface area contributed by atoms with E-state index in [4.69, 9.17) is 0 Å². The summed E-state index contributed by atoms with van der Waals surface area (Å²) in [6.45, 7) is 7.64. The summed E-state index contributed by atoms with van der Waals surface area (Å²) < 4.78 is 14.9. The Bertz CT molecular complexity index is 1380. The van der Waals surface area contributed by atoms with Crippen molar-refractivity contribution in [2.45, 2.75) is 27.7 Å². The van der Waals surface area contributed by atoms with Crippen molar-refractivity contribution < 1.29 is 14.0 Å². The molecule has 0 radical (unpaired) electrons. The predicted octanol–water partition coefficient (Wildman–Crippen LogP) is 5.28. The number of aromatic nitrogens is 2. The molecule has 7 heteroatoms. The summed E-state index contributed by atoms with van der Waals surface area (Å²) in [4.78, 5) is 25.8. The van der Waals surface area contributed by atoms with Crippen LogP contribution in [0.15, 0.2) is 66.9 Å². The molecule has 0 atom stereocenters. The van der Waals surface area contributed by atoms with Crippen LogP contribution in [0.25, 0.3) is 16.9 Å². The van der Waals surface area contributed by atoms with Crippen molar-refractivity contribution in [3.63, 3.8) is 0 Å². The molecular formula is C28H27FN4O2. The molecule has 4 aromatic rings. The molecule has 1 aromatic heterocycles. The Hall–Kier alpha value is -4.26. The van der Waals surface area contributed by atoms with Gasteiger partial charge in [0.25, 0.3) is 5.91 Å². The highest BCUT2D eigenvalue weighted by Crippen LogP contribution is 2.25. The van der Waals surface area contributed by atoms with Gasteiger partial charge in [0.1, 0.15) is 11.5 Å². The molecule has 0 saturated carbocycles. The van der Waals surface area contributed by atoms with Crippen LogP contribution in [0.3, 0.4) is 0 Å².